The van der Waals surface area contributed by atoms with Gasteiger partial charge in [-0.2, -0.15) is 0 Å². The van der Waals surface area contributed by atoms with Gasteiger partial charge in [0.05, 0.1) is 5.56 Å². The summed E-state index contributed by atoms with van der Waals surface area (Å²) in [6.07, 6.45) is 0.876. The lowest BCUT2D eigenvalue weighted by atomic mass is 9.94. The SMILES string of the molecule is CC1CCN(C(=O)c2ccccc2F)CC1N. The molecule has 3 nitrogen and oxygen atoms in total. The number of halogens is 1. The number of piperidine rings is 1. The summed E-state index contributed by atoms with van der Waals surface area (Å²) in [7, 11) is 0. The van der Waals surface area contributed by atoms with Crippen LogP contribution in [0, 0.1) is 11.7 Å². The molecule has 17 heavy (non-hydrogen) atoms. The van der Waals surface area contributed by atoms with E-state index in [0.717, 1.165) is 6.42 Å². The van der Waals surface area contributed by atoms with Crippen LogP contribution in [-0.2, 0) is 0 Å². The maximum absolute atomic E-state index is 13.5. The smallest absolute Gasteiger partial charge is 0.256 e. The van der Waals surface area contributed by atoms with Crippen LogP contribution in [0.4, 0.5) is 4.39 Å². The quantitative estimate of drug-likeness (QED) is 0.805. The Labute approximate surface area is 100 Å². The van der Waals surface area contributed by atoms with Gasteiger partial charge in [0.15, 0.2) is 0 Å². The molecule has 2 rings (SSSR count). The van der Waals surface area contributed by atoms with Crippen molar-refractivity contribution in [3.05, 3.63) is 35.6 Å². The summed E-state index contributed by atoms with van der Waals surface area (Å²) in [4.78, 5) is 13.7. The Morgan fingerprint density at radius 1 is 1.47 bits per heavy atom. The Kier molecular flexibility index (Phi) is 3.43. The highest BCUT2D eigenvalue weighted by Crippen LogP contribution is 2.18. The molecule has 1 aromatic carbocycles. The molecule has 1 aliphatic heterocycles. The molecule has 2 N–H and O–H groups in total. The Morgan fingerprint density at radius 2 is 2.18 bits per heavy atom. The number of rotatable bonds is 1. The number of nitrogens with two attached hydrogens (primary N) is 1. The second-order valence-electron chi connectivity index (χ2n) is 4.66. The van der Waals surface area contributed by atoms with Crippen LogP contribution in [0.15, 0.2) is 24.3 Å². The zero-order valence-electron chi connectivity index (χ0n) is 9.90. The van der Waals surface area contributed by atoms with Gasteiger partial charge >= 0.3 is 0 Å². The first-order valence-corrected chi connectivity index (χ1v) is 5.89. The molecule has 0 spiro atoms. The minimum Gasteiger partial charge on any atom is -0.337 e. The number of likely N-dealkylation sites (tertiary alicyclic amines) is 1. The third-order valence-electron chi connectivity index (χ3n) is 3.41. The fraction of sp³-hybridized carbons (Fsp3) is 0.462. The van der Waals surface area contributed by atoms with Crippen LogP contribution >= 0.6 is 0 Å². The predicted octanol–water partition coefficient (Wildman–Crippen LogP) is 1.64. The first-order chi connectivity index (χ1) is 8.09. The largest absolute Gasteiger partial charge is 0.337 e. The van der Waals surface area contributed by atoms with Crippen LogP contribution in [0.2, 0.25) is 0 Å². The second kappa shape index (κ2) is 4.84. The molecule has 1 amide bonds. The van der Waals surface area contributed by atoms with E-state index in [4.69, 9.17) is 5.73 Å². The zero-order chi connectivity index (χ0) is 12.4. The summed E-state index contributed by atoms with van der Waals surface area (Å²) in [6.45, 7) is 3.24. The maximum Gasteiger partial charge on any atom is 0.256 e. The molecule has 0 radical (unpaired) electrons. The second-order valence-corrected chi connectivity index (χ2v) is 4.66. The summed E-state index contributed by atoms with van der Waals surface area (Å²) in [5.74, 6) is -0.310. The van der Waals surface area contributed by atoms with E-state index in [0.29, 0.717) is 19.0 Å². The van der Waals surface area contributed by atoms with Gasteiger partial charge in [-0.1, -0.05) is 19.1 Å². The Bertz CT molecular complexity index is 422. The maximum atomic E-state index is 13.5. The van der Waals surface area contributed by atoms with Crippen LogP contribution in [0.3, 0.4) is 0 Å². The molecule has 1 fully saturated rings. The minimum atomic E-state index is -0.468. The molecular weight excluding hydrogens is 219 g/mol. The fourth-order valence-electron chi connectivity index (χ4n) is 2.09. The van der Waals surface area contributed by atoms with E-state index in [2.05, 4.69) is 6.92 Å². The lowest BCUT2D eigenvalue weighted by molar-refractivity contribution is 0.0667. The first kappa shape index (κ1) is 12.0. The highest BCUT2D eigenvalue weighted by Gasteiger charge is 2.27. The summed E-state index contributed by atoms with van der Waals surface area (Å²) >= 11 is 0. The highest BCUT2D eigenvalue weighted by molar-refractivity contribution is 5.94. The monoisotopic (exact) mass is 236 g/mol. The number of carbonyl (C=O) groups is 1. The van der Waals surface area contributed by atoms with E-state index < -0.39 is 5.82 Å². The van der Waals surface area contributed by atoms with Gasteiger partial charge in [-0.15, -0.1) is 0 Å². The fourth-order valence-corrected chi connectivity index (χ4v) is 2.09. The molecule has 0 aliphatic carbocycles. The topological polar surface area (TPSA) is 46.3 Å². The molecule has 4 heteroatoms. The molecule has 1 heterocycles. The van der Waals surface area contributed by atoms with Crippen molar-refractivity contribution in [2.45, 2.75) is 19.4 Å². The van der Waals surface area contributed by atoms with E-state index in [1.807, 2.05) is 0 Å². The van der Waals surface area contributed by atoms with Crippen molar-refractivity contribution in [2.75, 3.05) is 13.1 Å². The number of hydrogen-bond acceptors (Lipinski definition) is 2. The average molecular weight is 236 g/mol. The van der Waals surface area contributed by atoms with E-state index in [1.54, 1.807) is 17.0 Å². The van der Waals surface area contributed by atoms with Gasteiger partial charge in [0, 0.05) is 19.1 Å². The molecule has 1 aromatic rings. The lowest BCUT2D eigenvalue weighted by Crippen LogP contribution is -2.49. The molecule has 2 unspecified atom stereocenters. The first-order valence-electron chi connectivity index (χ1n) is 5.89. The molecule has 92 valence electrons. The normalized spacial score (nSPS) is 24.8. The summed E-state index contributed by atoms with van der Waals surface area (Å²) < 4.78 is 13.5. The van der Waals surface area contributed by atoms with Crippen LogP contribution in [0.5, 0.6) is 0 Å². The van der Waals surface area contributed by atoms with Crippen molar-refractivity contribution < 1.29 is 9.18 Å². The predicted molar refractivity (Wildman–Crippen MR) is 64.1 cm³/mol. The van der Waals surface area contributed by atoms with Crippen molar-refractivity contribution in [3.63, 3.8) is 0 Å². The molecule has 2 atom stereocenters. The standard InChI is InChI=1S/C13H17FN2O/c1-9-6-7-16(8-12(9)15)13(17)10-4-2-3-5-11(10)14/h2-5,9,12H,6-8,15H2,1H3. The number of hydrogen-bond donors (Lipinski definition) is 1. The number of carbonyl (C=O) groups excluding carboxylic acids is 1. The van der Waals surface area contributed by atoms with Gasteiger partial charge < -0.3 is 10.6 Å². The molecule has 1 aliphatic rings. The van der Waals surface area contributed by atoms with Crippen LogP contribution in [0.25, 0.3) is 0 Å². The summed E-state index contributed by atoms with van der Waals surface area (Å²) in [6, 6.07) is 6.05. The number of benzene rings is 1. The van der Waals surface area contributed by atoms with Gasteiger partial charge in [-0.25, -0.2) is 4.39 Å². The van der Waals surface area contributed by atoms with Gasteiger partial charge in [-0.3, -0.25) is 4.79 Å². The highest BCUT2D eigenvalue weighted by atomic mass is 19.1. The Balaban J connectivity index is 2.14. The zero-order valence-corrected chi connectivity index (χ0v) is 9.90. The van der Waals surface area contributed by atoms with Crippen LogP contribution in [0.1, 0.15) is 23.7 Å². The Hall–Kier alpha value is -1.42. The van der Waals surface area contributed by atoms with Gasteiger partial charge in [0.25, 0.3) is 5.91 Å². The molecule has 0 aromatic heterocycles. The Morgan fingerprint density at radius 3 is 2.82 bits per heavy atom. The number of amides is 1. The van der Waals surface area contributed by atoms with E-state index >= 15 is 0 Å². The van der Waals surface area contributed by atoms with E-state index in [1.165, 1.54) is 12.1 Å². The van der Waals surface area contributed by atoms with Gasteiger partial charge in [0.1, 0.15) is 5.82 Å². The van der Waals surface area contributed by atoms with E-state index in [-0.39, 0.29) is 17.5 Å². The minimum absolute atomic E-state index is 0.0144. The molecule has 1 saturated heterocycles. The van der Waals surface area contributed by atoms with Crippen molar-refractivity contribution in [3.8, 4) is 0 Å². The van der Waals surface area contributed by atoms with Crippen molar-refractivity contribution in [1.82, 2.24) is 4.90 Å². The van der Waals surface area contributed by atoms with E-state index in [9.17, 15) is 9.18 Å². The lowest BCUT2D eigenvalue weighted by Gasteiger charge is -2.35. The molecule has 0 saturated carbocycles. The summed E-state index contributed by atoms with van der Waals surface area (Å²) in [5.41, 5.74) is 6.07. The number of nitrogens with zero attached hydrogens (tertiary/aromatic N) is 1. The van der Waals surface area contributed by atoms with Crippen molar-refractivity contribution in [1.29, 1.82) is 0 Å². The molecule has 0 bridgehead atoms. The van der Waals surface area contributed by atoms with Crippen LogP contribution < -0.4 is 5.73 Å². The van der Waals surface area contributed by atoms with Gasteiger partial charge in [0.2, 0.25) is 0 Å². The van der Waals surface area contributed by atoms with Crippen molar-refractivity contribution in [2.24, 2.45) is 11.7 Å². The third-order valence-corrected chi connectivity index (χ3v) is 3.41. The third kappa shape index (κ3) is 2.47. The average Bonchev–Trinajstić information content (AvgIpc) is 2.32. The van der Waals surface area contributed by atoms with Gasteiger partial charge in [-0.05, 0) is 24.5 Å². The van der Waals surface area contributed by atoms with Crippen LogP contribution in [-0.4, -0.2) is 29.9 Å². The molecular formula is C13H17FN2O. The van der Waals surface area contributed by atoms with Crippen molar-refractivity contribution >= 4 is 5.91 Å². The summed E-state index contributed by atoms with van der Waals surface area (Å²) in [5, 5.41) is 0.